The Balaban J connectivity index is 0.00000180. The van der Waals surface area contributed by atoms with E-state index >= 15 is 0 Å². The highest BCUT2D eigenvalue weighted by molar-refractivity contribution is 5.85. The van der Waals surface area contributed by atoms with Gasteiger partial charge in [0.05, 0.1) is 0 Å². The molecular weight excluding hydrogens is 302 g/mol. The SMILES string of the molecule is CCC[C@H](c1cc(F)ccc1O)N1CCNCC1.Cl.Cl. The molecule has 1 aromatic carbocycles. The number of aromatic hydroxyl groups is 1. The van der Waals surface area contributed by atoms with Crippen LogP contribution in [0.5, 0.6) is 5.75 Å². The third-order valence-corrected chi connectivity index (χ3v) is 3.50. The number of halogens is 3. The third kappa shape index (κ3) is 4.77. The Kier molecular flexibility index (Phi) is 9.14. The van der Waals surface area contributed by atoms with Crippen molar-refractivity contribution in [1.29, 1.82) is 0 Å². The van der Waals surface area contributed by atoms with Crippen LogP contribution in [0.25, 0.3) is 0 Å². The zero-order valence-corrected chi connectivity index (χ0v) is 13.3. The zero-order chi connectivity index (χ0) is 13.0. The van der Waals surface area contributed by atoms with Crippen LogP contribution in [-0.2, 0) is 0 Å². The molecule has 0 aliphatic carbocycles. The van der Waals surface area contributed by atoms with E-state index in [0.717, 1.165) is 44.6 Å². The van der Waals surface area contributed by atoms with E-state index in [1.54, 1.807) is 0 Å². The summed E-state index contributed by atoms with van der Waals surface area (Å²) in [6, 6.07) is 4.35. The Morgan fingerprint density at radius 1 is 1.30 bits per heavy atom. The van der Waals surface area contributed by atoms with E-state index in [2.05, 4.69) is 17.1 Å². The van der Waals surface area contributed by atoms with Crippen molar-refractivity contribution in [2.75, 3.05) is 26.2 Å². The summed E-state index contributed by atoms with van der Waals surface area (Å²) in [5.41, 5.74) is 0.721. The maximum Gasteiger partial charge on any atom is 0.123 e. The highest BCUT2D eigenvalue weighted by atomic mass is 35.5. The molecule has 1 saturated heterocycles. The number of hydrogen-bond acceptors (Lipinski definition) is 3. The van der Waals surface area contributed by atoms with Crippen LogP contribution in [0.15, 0.2) is 18.2 Å². The lowest BCUT2D eigenvalue weighted by atomic mass is 9.98. The molecule has 116 valence electrons. The third-order valence-electron chi connectivity index (χ3n) is 3.50. The van der Waals surface area contributed by atoms with Gasteiger partial charge in [-0.1, -0.05) is 13.3 Å². The monoisotopic (exact) mass is 324 g/mol. The molecule has 1 aliphatic rings. The number of nitrogens with one attached hydrogen (secondary N) is 1. The van der Waals surface area contributed by atoms with Gasteiger partial charge < -0.3 is 10.4 Å². The van der Waals surface area contributed by atoms with Crippen molar-refractivity contribution in [1.82, 2.24) is 10.2 Å². The van der Waals surface area contributed by atoms with Crippen LogP contribution in [0.1, 0.15) is 31.4 Å². The molecule has 1 heterocycles. The first-order valence-corrected chi connectivity index (χ1v) is 6.65. The van der Waals surface area contributed by atoms with Gasteiger partial charge in [-0.2, -0.15) is 0 Å². The Labute approximate surface area is 132 Å². The average molecular weight is 325 g/mol. The van der Waals surface area contributed by atoms with Gasteiger partial charge >= 0.3 is 0 Å². The predicted octanol–water partition coefficient (Wildman–Crippen LogP) is 3.12. The van der Waals surface area contributed by atoms with Gasteiger partial charge in [0.1, 0.15) is 11.6 Å². The van der Waals surface area contributed by atoms with Gasteiger partial charge in [-0.25, -0.2) is 4.39 Å². The number of piperazine rings is 1. The van der Waals surface area contributed by atoms with Gasteiger partial charge in [-0.05, 0) is 24.6 Å². The van der Waals surface area contributed by atoms with E-state index in [4.69, 9.17) is 0 Å². The van der Waals surface area contributed by atoms with Crippen LogP contribution in [0.2, 0.25) is 0 Å². The van der Waals surface area contributed by atoms with Crippen LogP contribution in [0.4, 0.5) is 4.39 Å². The second kappa shape index (κ2) is 9.40. The molecular formula is C14H23Cl2FN2O. The van der Waals surface area contributed by atoms with E-state index < -0.39 is 0 Å². The fraction of sp³-hybridized carbons (Fsp3) is 0.571. The first-order chi connectivity index (χ1) is 8.72. The van der Waals surface area contributed by atoms with Crippen molar-refractivity contribution in [3.8, 4) is 5.75 Å². The van der Waals surface area contributed by atoms with E-state index in [1.807, 2.05) is 0 Å². The summed E-state index contributed by atoms with van der Waals surface area (Å²) >= 11 is 0. The predicted molar refractivity (Wildman–Crippen MR) is 84.7 cm³/mol. The number of phenols is 1. The van der Waals surface area contributed by atoms with Crippen molar-refractivity contribution in [2.45, 2.75) is 25.8 Å². The Hall–Kier alpha value is -0.550. The largest absolute Gasteiger partial charge is 0.508 e. The van der Waals surface area contributed by atoms with E-state index in [9.17, 15) is 9.50 Å². The topological polar surface area (TPSA) is 35.5 Å². The molecule has 2 N–H and O–H groups in total. The smallest absolute Gasteiger partial charge is 0.123 e. The van der Waals surface area contributed by atoms with Gasteiger partial charge in [-0.3, -0.25) is 4.90 Å². The van der Waals surface area contributed by atoms with E-state index in [-0.39, 0.29) is 42.4 Å². The summed E-state index contributed by atoms with van der Waals surface area (Å²) in [5, 5.41) is 13.3. The average Bonchev–Trinajstić information content (AvgIpc) is 2.40. The Bertz CT molecular complexity index is 401. The highest BCUT2D eigenvalue weighted by Gasteiger charge is 2.23. The van der Waals surface area contributed by atoms with E-state index in [0.29, 0.717) is 0 Å². The van der Waals surface area contributed by atoms with Gasteiger partial charge in [0.2, 0.25) is 0 Å². The lowest BCUT2D eigenvalue weighted by Gasteiger charge is -2.35. The number of phenolic OH excluding ortho intramolecular Hbond substituents is 1. The van der Waals surface area contributed by atoms with Crippen molar-refractivity contribution < 1.29 is 9.50 Å². The standard InChI is InChI=1S/C14H21FN2O.2ClH/c1-2-3-13(17-8-6-16-7-9-17)12-10-11(15)4-5-14(12)18;;/h4-5,10,13,16,18H,2-3,6-9H2,1H3;2*1H/t13-;;/m1../s1. The number of rotatable bonds is 4. The maximum absolute atomic E-state index is 13.4. The van der Waals surface area contributed by atoms with Crippen molar-refractivity contribution in [3.05, 3.63) is 29.6 Å². The minimum atomic E-state index is -0.279. The summed E-state index contributed by atoms with van der Waals surface area (Å²) in [6.07, 6.45) is 1.96. The van der Waals surface area contributed by atoms with Crippen LogP contribution in [0, 0.1) is 5.82 Å². The molecule has 0 bridgehead atoms. The minimum absolute atomic E-state index is 0. The van der Waals surface area contributed by atoms with Crippen LogP contribution < -0.4 is 5.32 Å². The molecule has 6 heteroatoms. The quantitative estimate of drug-likeness (QED) is 0.893. The molecule has 20 heavy (non-hydrogen) atoms. The Morgan fingerprint density at radius 2 is 1.95 bits per heavy atom. The number of benzene rings is 1. The summed E-state index contributed by atoms with van der Waals surface area (Å²) in [4.78, 5) is 2.33. The number of hydrogen-bond donors (Lipinski definition) is 2. The highest BCUT2D eigenvalue weighted by Crippen LogP contribution is 2.32. The van der Waals surface area contributed by atoms with Gasteiger partial charge in [0.15, 0.2) is 0 Å². The Morgan fingerprint density at radius 3 is 2.55 bits per heavy atom. The van der Waals surface area contributed by atoms with Gasteiger partial charge in [-0.15, -0.1) is 24.8 Å². The minimum Gasteiger partial charge on any atom is -0.508 e. The molecule has 3 nitrogen and oxygen atoms in total. The molecule has 0 amide bonds. The van der Waals surface area contributed by atoms with Crippen molar-refractivity contribution in [2.24, 2.45) is 0 Å². The van der Waals surface area contributed by atoms with Gasteiger partial charge in [0, 0.05) is 37.8 Å². The molecule has 1 atom stereocenters. The first-order valence-electron chi connectivity index (χ1n) is 6.65. The summed E-state index contributed by atoms with van der Waals surface area (Å²) in [6.45, 7) is 5.92. The number of nitrogens with zero attached hydrogens (tertiary/aromatic N) is 1. The molecule has 0 aromatic heterocycles. The van der Waals surface area contributed by atoms with Crippen molar-refractivity contribution in [3.63, 3.8) is 0 Å². The summed E-state index contributed by atoms with van der Waals surface area (Å²) in [5.74, 6) is -0.0765. The molecule has 0 saturated carbocycles. The van der Waals surface area contributed by atoms with Crippen molar-refractivity contribution >= 4 is 24.8 Å². The second-order valence-corrected chi connectivity index (χ2v) is 4.79. The molecule has 1 aliphatic heterocycles. The second-order valence-electron chi connectivity index (χ2n) is 4.79. The summed E-state index contributed by atoms with van der Waals surface area (Å²) in [7, 11) is 0. The normalized spacial score (nSPS) is 16.9. The summed E-state index contributed by atoms with van der Waals surface area (Å²) < 4.78 is 13.4. The molecule has 1 aromatic rings. The molecule has 1 fully saturated rings. The van der Waals surface area contributed by atoms with Crippen LogP contribution in [0.3, 0.4) is 0 Å². The molecule has 0 unspecified atom stereocenters. The zero-order valence-electron chi connectivity index (χ0n) is 11.6. The van der Waals surface area contributed by atoms with Crippen LogP contribution >= 0.6 is 24.8 Å². The molecule has 0 spiro atoms. The lowest BCUT2D eigenvalue weighted by molar-refractivity contribution is 0.162. The first kappa shape index (κ1) is 19.4. The molecule has 2 rings (SSSR count). The van der Waals surface area contributed by atoms with Crippen LogP contribution in [-0.4, -0.2) is 36.2 Å². The molecule has 0 radical (unpaired) electrons. The maximum atomic E-state index is 13.4. The fourth-order valence-electron chi connectivity index (χ4n) is 2.59. The lowest BCUT2D eigenvalue weighted by Crippen LogP contribution is -2.45. The van der Waals surface area contributed by atoms with Gasteiger partial charge in [0.25, 0.3) is 0 Å². The fourth-order valence-corrected chi connectivity index (χ4v) is 2.59. The van der Waals surface area contributed by atoms with E-state index in [1.165, 1.54) is 18.2 Å².